The highest BCUT2D eigenvalue weighted by molar-refractivity contribution is 14.1. The molecule has 2 N–H and O–H groups in total. The molecule has 4 heteroatoms. The minimum atomic E-state index is -0.610. The van der Waals surface area contributed by atoms with Crippen molar-refractivity contribution in [2.24, 2.45) is 5.92 Å². The third-order valence-corrected chi connectivity index (χ3v) is 3.48. The highest BCUT2D eigenvalue weighted by Crippen LogP contribution is 2.35. The van der Waals surface area contributed by atoms with Gasteiger partial charge in [-0.25, -0.2) is 8.78 Å². The second-order valence-corrected chi connectivity index (χ2v) is 4.79. The van der Waals surface area contributed by atoms with Gasteiger partial charge in [-0.05, 0) is 59.4 Å². The molecule has 14 heavy (non-hydrogen) atoms. The van der Waals surface area contributed by atoms with E-state index in [1.54, 1.807) is 22.6 Å². The highest BCUT2D eigenvalue weighted by atomic mass is 127. The van der Waals surface area contributed by atoms with Crippen LogP contribution in [0.5, 0.6) is 0 Å². The van der Waals surface area contributed by atoms with Crippen LogP contribution in [0, 0.1) is 21.1 Å². The van der Waals surface area contributed by atoms with Crippen LogP contribution in [0.25, 0.3) is 0 Å². The molecule has 0 unspecified atom stereocenters. The molecule has 0 bridgehead atoms. The van der Waals surface area contributed by atoms with Crippen molar-refractivity contribution in [3.05, 3.63) is 26.8 Å². The van der Waals surface area contributed by atoms with Crippen molar-refractivity contribution in [3.63, 3.8) is 0 Å². The van der Waals surface area contributed by atoms with Gasteiger partial charge in [-0.3, -0.25) is 0 Å². The average Bonchev–Trinajstić information content (AvgIpc) is 2.94. The predicted molar refractivity (Wildman–Crippen MR) is 59.9 cm³/mol. The average molecular weight is 309 g/mol. The number of rotatable bonds is 2. The third-order valence-electron chi connectivity index (χ3n) is 2.49. The summed E-state index contributed by atoms with van der Waals surface area (Å²) in [5.41, 5.74) is 6.31. The maximum atomic E-state index is 13.4. The Morgan fingerprint density at radius 3 is 2.64 bits per heavy atom. The van der Waals surface area contributed by atoms with Crippen molar-refractivity contribution in [3.8, 4) is 0 Å². The molecule has 0 spiro atoms. The van der Waals surface area contributed by atoms with E-state index >= 15 is 0 Å². The van der Waals surface area contributed by atoms with E-state index in [1.807, 2.05) is 0 Å². The largest absolute Gasteiger partial charge is 0.396 e. The highest BCUT2D eigenvalue weighted by Gasteiger charge is 2.24. The number of hydrogen-bond acceptors (Lipinski definition) is 1. The summed E-state index contributed by atoms with van der Waals surface area (Å²) >= 11 is 1.63. The van der Waals surface area contributed by atoms with Gasteiger partial charge in [0, 0.05) is 0 Å². The Balaban J connectivity index is 2.38. The zero-order valence-corrected chi connectivity index (χ0v) is 9.64. The summed E-state index contributed by atoms with van der Waals surface area (Å²) < 4.78 is 26.5. The summed E-state index contributed by atoms with van der Waals surface area (Å²) in [5, 5.41) is 0. The SMILES string of the molecule is Nc1c(CC2CC2)cc(F)c(I)c1F. The minimum absolute atomic E-state index is 0.0142. The first-order valence-electron chi connectivity index (χ1n) is 4.51. The quantitative estimate of drug-likeness (QED) is 0.507. The van der Waals surface area contributed by atoms with Gasteiger partial charge in [0.15, 0.2) is 5.82 Å². The van der Waals surface area contributed by atoms with Crippen LogP contribution in [0.15, 0.2) is 6.07 Å². The van der Waals surface area contributed by atoms with Crippen LogP contribution in [0.4, 0.5) is 14.5 Å². The molecule has 0 aromatic heterocycles. The molecular formula is C10H10F2IN. The summed E-state index contributed by atoms with van der Waals surface area (Å²) in [6.07, 6.45) is 3.00. The van der Waals surface area contributed by atoms with Gasteiger partial charge in [-0.1, -0.05) is 0 Å². The fraction of sp³-hybridized carbons (Fsp3) is 0.400. The summed E-state index contributed by atoms with van der Waals surface area (Å²) in [7, 11) is 0. The Hall–Kier alpha value is -0.390. The first-order chi connectivity index (χ1) is 6.59. The van der Waals surface area contributed by atoms with Crippen LogP contribution in [-0.2, 0) is 6.42 Å². The normalized spacial score (nSPS) is 15.9. The van der Waals surface area contributed by atoms with E-state index in [4.69, 9.17) is 5.73 Å². The first kappa shape index (κ1) is 10.1. The van der Waals surface area contributed by atoms with Crippen molar-refractivity contribution in [1.29, 1.82) is 0 Å². The van der Waals surface area contributed by atoms with E-state index in [0.29, 0.717) is 17.9 Å². The molecule has 1 nitrogen and oxygen atoms in total. The lowest BCUT2D eigenvalue weighted by Crippen LogP contribution is -2.03. The van der Waals surface area contributed by atoms with Crippen LogP contribution in [-0.4, -0.2) is 0 Å². The zero-order chi connectivity index (χ0) is 10.3. The minimum Gasteiger partial charge on any atom is -0.396 e. The maximum absolute atomic E-state index is 13.4. The third kappa shape index (κ3) is 1.85. The fourth-order valence-electron chi connectivity index (χ4n) is 1.46. The fourth-order valence-corrected chi connectivity index (χ4v) is 1.91. The Labute approximate surface area is 94.8 Å². The molecule has 1 aliphatic rings. The molecule has 1 saturated carbocycles. The summed E-state index contributed by atoms with van der Waals surface area (Å²) in [5.74, 6) is -0.537. The molecule has 0 radical (unpaired) electrons. The Kier molecular flexibility index (Phi) is 2.64. The van der Waals surface area contributed by atoms with Crippen LogP contribution >= 0.6 is 22.6 Å². The van der Waals surface area contributed by atoms with Crippen LogP contribution in [0.1, 0.15) is 18.4 Å². The lowest BCUT2D eigenvalue weighted by molar-refractivity contribution is 0.569. The van der Waals surface area contributed by atoms with Crippen LogP contribution in [0.2, 0.25) is 0 Å². The second-order valence-electron chi connectivity index (χ2n) is 3.71. The maximum Gasteiger partial charge on any atom is 0.162 e. The molecule has 0 aliphatic heterocycles. The summed E-state index contributed by atoms with van der Waals surface area (Å²) in [6, 6.07) is 1.36. The molecule has 76 valence electrons. The second kappa shape index (κ2) is 3.64. The van der Waals surface area contributed by atoms with Gasteiger partial charge < -0.3 is 5.73 Å². The molecule has 1 fully saturated rings. The zero-order valence-electron chi connectivity index (χ0n) is 7.49. The molecule has 1 aliphatic carbocycles. The van der Waals surface area contributed by atoms with Crippen LogP contribution < -0.4 is 5.73 Å². The van der Waals surface area contributed by atoms with E-state index in [1.165, 1.54) is 6.07 Å². The molecule has 0 atom stereocenters. The molecule has 1 aromatic carbocycles. The molecule has 1 aromatic rings. The molecular weight excluding hydrogens is 299 g/mol. The van der Waals surface area contributed by atoms with E-state index in [-0.39, 0.29) is 9.26 Å². The number of nitrogen functional groups attached to an aromatic ring is 1. The summed E-state index contributed by atoms with van der Waals surface area (Å²) in [6.45, 7) is 0. The van der Waals surface area contributed by atoms with Crippen molar-refractivity contribution < 1.29 is 8.78 Å². The lowest BCUT2D eigenvalue weighted by atomic mass is 10.1. The monoisotopic (exact) mass is 309 g/mol. The van der Waals surface area contributed by atoms with Gasteiger partial charge in [0.25, 0.3) is 0 Å². The Morgan fingerprint density at radius 1 is 1.43 bits per heavy atom. The van der Waals surface area contributed by atoms with E-state index in [2.05, 4.69) is 0 Å². The van der Waals surface area contributed by atoms with Gasteiger partial charge >= 0.3 is 0 Å². The Morgan fingerprint density at radius 2 is 2.07 bits per heavy atom. The number of anilines is 1. The van der Waals surface area contributed by atoms with Gasteiger partial charge in [0.2, 0.25) is 0 Å². The van der Waals surface area contributed by atoms with Crippen molar-refractivity contribution >= 4 is 28.3 Å². The van der Waals surface area contributed by atoms with E-state index < -0.39 is 11.6 Å². The van der Waals surface area contributed by atoms with Gasteiger partial charge in [0.1, 0.15) is 5.82 Å². The number of hydrogen-bond donors (Lipinski definition) is 1. The van der Waals surface area contributed by atoms with Gasteiger partial charge in [-0.15, -0.1) is 0 Å². The van der Waals surface area contributed by atoms with Crippen molar-refractivity contribution in [2.45, 2.75) is 19.3 Å². The smallest absolute Gasteiger partial charge is 0.162 e. The first-order valence-corrected chi connectivity index (χ1v) is 5.59. The van der Waals surface area contributed by atoms with Crippen molar-refractivity contribution in [2.75, 3.05) is 5.73 Å². The molecule has 2 rings (SSSR count). The number of halogens is 3. The van der Waals surface area contributed by atoms with E-state index in [0.717, 1.165) is 12.8 Å². The van der Waals surface area contributed by atoms with E-state index in [9.17, 15) is 8.78 Å². The van der Waals surface area contributed by atoms with Crippen LogP contribution in [0.3, 0.4) is 0 Å². The van der Waals surface area contributed by atoms with Crippen molar-refractivity contribution in [1.82, 2.24) is 0 Å². The molecule has 0 saturated heterocycles. The summed E-state index contributed by atoms with van der Waals surface area (Å²) in [4.78, 5) is 0. The molecule has 0 heterocycles. The lowest BCUT2D eigenvalue weighted by Gasteiger charge is -2.08. The topological polar surface area (TPSA) is 26.0 Å². The standard InChI is InChI=1S/C10H10F2IN/c11-7-4-6(3-5-1-2-5)10(14)8(12)9(7)13/h4-5H,1-3,14H2. The molecule has 0 amide bonds. The predicted octanol–water partition coefficient (Wildman–Crippen LogP) is 3.10. The van der Waals surface area contributed by atoms with Gasteiger partial charge in [-0.2, -0.15) is 0 Å². The van der Waals surface area contributed by atoms with Gasteiger partial charge in [0.05, 0.1) is 9.26 Å². The Bertz CT molecular complexity index is 375. The number of nitrogens with two attached hydrogens (primary N) is 1. The number of benzene rings is 1.